The van der Waals surface area contributed by atoms with Crippen molar-refractivity contribution in [2.45, 2.75) is 51.9 Å². The van der Waals surface area contributed by atoms with Crippen LogP contribution in [0.15, 0.2) is 36.4 Å². The summed E-state index contributed by atoms with van der Waals surface area (Å²) < 4.78 is 66.3. The minimum Gasteiger partial charge on any atom is -0.354 e. The van der Waals surface area contributed by atoms with E-state index in [1.54, 1.807) is 25.1 Å². The van der Waals surface area contributed by atoms with Gasteiger partial charge < -0.3 is 10.2 Å². The van der Waals surface area contributed by atoms with Crippen LogP contribution in [0.2, 0.25) is 15.1 Å². The van der Waals surface area contributed by atoms with Crippen molar-refractivity contribution < 1.29 is 31.2 Å². The number of nitrogens with zero attached hydrogens (tertiary/aromatic N) is 2. The van der Waals surface area contributed by atoms with Crippen LogP contribution in [0, 0.1) is 0 Å². The van der Waals surface area contributed by atoms with Crippen LogP contribution in [0.1, 0.15) is 44.2 Å². The van der Waals surface area contributed by atoms with Gasteiger partial charge in [0.25, 0.3) is 0 Å². The van der Waals surface area contributed by atoms with Gasteiger partial charge in [-0.3, -0.25) is 13.9 Å². The van der Waals surface area contributed by atoms with Crippen LogP contribution in [-0.4, -0.2) is 50.5 Å². The number of rotatable bonds is 12. The molecule has 1 atom stereocenters. The molecule has 0 aliphatic rings. The van der Waals surface area contributed by atoms with Crippen LogP contribution >= 0.6 is 34.8 Å². The number of amides is 2. The number of benzene rings is 2. The number of anilines is 1. The zero-order chi connectivity index (χ0) is 29.5. The molecular weight excluding hydrogens is 602 g/mol. The van der Waals surface area contributed by atoms with Crippen LogP contribution in [0.5, 0.6) is 0 Å². The number of halogens is 6. The summed E-state index contributed by atoms with van der Waals surface area (Å²) in [4.78, 5) is 27.9. The summed E-state index contributed by atoms with van der Waals surface area (Å²) in [6.07, 6.45) is -2.43. The van der Waals surface area contributed by atoms with Gasteiger partial charge in [0.15, 0.2) is 0 Å². The molecule has 0 saturated heterocycles. The molecule has 0 fully saturated rings. The number of nitrogens with one attached hydrogen (secondary N) is 1. The fourth-order valence-electron chi connectivity index (χ4n) is 3.78. The molecule has 39 heavy (non-hydrogen) atoms. The van der Waals surface area contributed by atoms with Crippen LogP contribution in [0.3, 0.4) is 0 Å². The minimum atomic E-state index is -4.86. The van der Waals surface area contributed by atoms with E-state index in [1.807, 2.05) is 6.92 Å². The van der Waals surface area contributed by atoms with Crippen LogP contribution in [0.25, 0.3) is 0 Å². The first-order chi connectivity index (χ1) is 18.1. The molecule has 0 aromatic heterocycles. The predicted molar refractivity (Wildman–Crippen MR) is 148 cm³/mol. The first kappa shape index (κ1) is 33.0. The molecule has 2 rings (SSSR count). The lowest BCUT2D eigenvalue weighted by Gasteiger charge is -2.33. The maximum atomic E-state index is 13.7. The van der Waals surface area contributed by atoms with Gasteiger partial charge in [0.1, 0.15) is 12.6 Å². The normalized spacial score (nSPS) is 12.6. The fourth-order valence-corrected chi connectivity index (χ4v) is 5.36. The Morgan fingerprint density at radius 3 is 2.15 bits per heavy atom. The Labute approximate surface area is 241 Å². The molecule has 1 unspecified atom stereocenters. The SMILES string of the molecule is CCCCNC(=O)C(CC)N(Cc1c(Cl)cccc1Cl)C(=O)CN(c1ccc(Cl)c(C(F)(F)F)c1)S(C)(=O)=O. The summed E-state index contributed by atoms with van der Waals surface area (Å²) >= 11 is 18.3. The van der Waals surface area contributed by atoms with Crippen LogP contribution in [-0.2, 0) is 32.3 Å². The lowest BCUT2D eigenvalue weighted by atomic mass is 10.1. The molecule has 14 heteroatoms. The quantitative estimate of drug-likeness (QED) is 0.285. The Morgan fingerprint density at radius 2 is 1.64 bits per heavy atom. The van der Waals surface area contributed by atoms with Gasteiger partial charge in [0.05, 0.1) is 22.5 Å². The van der Waals surface area contributed by atoms with Crippen molar-refractivity contribution in [3.8, 4) is 0 Å². The Morgan fingerprint density at radius 1 is 1.03 bits per heavy atom. The zero-order valence-electron chi connectivity index (χ0n) is 21.5. The van der Waals surface area contributed by atoms with Crippen LogP contribution < -0.4 is 9.62 Å². The molecule has 0 heterocycles. The third-order valence-corrected chi connectivity index (χ3v) is 8.01. The molecule has 7 nitrogen and oxygen atoms in total. The number of sulfonamides is 1. The van der Waals surface area contributed by atoms with E-state index in [0.717, 1.165) is 29.7 Å². The van der Waals surface area contributed by atoms with Gasteiger partial charge in [-0.05, 0) is 43.2 Å². The molecule has 0 aliphatic heterocycles. The number of hydrogen-bond acceptors (Lipinski definition) is 4. The van der Waals surface area contributed by atoms with Crippen molar-refractivity contribution >= 4 is 62.3 Å². The highest BCUT2D eigenvalue weighted by molar-refractivity contribution is 7.92. The topological polar surface area (TPSA) is 86.8 Å². The lowest BCUT2D eigenvalue weighted by molar-refractivity contribution is -0.140. The monoisotopic (exact) mass is 629 g/mol. The first-order valence-corrected chi connectivity index (χ1v) is 14.9. The molecule has 1 N–H and O–H groups in total. The standard InChI is InChI=1S/C25H29Cl3F3N3O4S/c1-4-6-12-32-24(36)22(5-2)33(14-17-19(26)8-7-9-20(17)27)23(35)15-34(39(3,37)38)16-10-11-21(28)18(13-16)25(29,30)31/h7-11,13,22H,4-6,12,14-15H2,1-3H3,(H,32,36). The van der Waals surface area contributed by atoms with E-state index >= 15 is 0 Å². The smallest absolute Gasteiger partial charge is 0.354 e. The van der Waals surface area contributed by atoms with Crippen molar-refractivity contribution in [1.29, 1.82) is 0 Å². The highest BCUT2D eigenvalue weighted by atomic mass is 35.5. The molecule has 2 aromatic rings. The average molecular weight is 631 g/mol. The molecule has 0 spiro atoms. The number of alkyl halides is 3. The van der Waals surface area contributed by atoms with Gasteiger partial charge in [-0.25, -0.2) is 8.42 Å². The molecule has 0 radical (unpaired) electrons. The maximum absolute atomic E-state index is 13.7. The van der Waals surface area contributed by atoms with E-state index in [4.69, 9.17) is 34.8 Å². The van der Waals surface area contributed by atoms with Crippen molar-refractivity contribution in [2.24, 2.45) is 0 Å². The Hall–Kier alpha value is -2.21. The van der Waals surface area contributed by atoms with E-state index in [1.165, 1.54) is 0 Å². The highest BCUT2D eigenvalue weighted by Gasteiger charge is 2.36. The van der Waals surface area contributed by atoms with E-state index in [2.05, 4.69) is 5.32 Å². The van der Waals surface area contributed by atoms with E-state index < -0.39 is 56.9 Å². The minimum absolute atomic E-state index is 0.157. The molecule has 0 aliphatic carbocycles. The van der Waals surface area contributed by atoms with Gasteiger partial charge in [-0.1, -0.05) is 61.1 Å². The molecule has 216 valence electrons. The van der Waals surface area contributed by atoms with Gasteiger partial charge in [0.2, 0.25) is 21.8 Å². The van der Waals surface area contributed by atoms with Gasteiger partial charge in [-0.15, -0.1) is 0 Å². The predicted octanol–water partition coefficient (Wildman–Crippen LogP) is 6.16. The van der Waals surface area contributed by atoms with E-state index in [0.29, 0.717) is 28.9 Å². The Kier molecular flexibility index (Phi) is 11.8. The second-order valence-electron chi connectivity index (χ2n) is 8.72. The highest BCUT2D eigenvalue weighted by Crippen LogP contribution is 2.37. The van der Waals surface area contributed by atoms with Crippen molar-refractivity contribution in [2.75, 3.05) is 23.7 Å². The third-order valence-electron chi connectivity index (χ3n) is 5.83. The summed E-state index contributed by atoms with van der Waals surface area (Å²) in [6.45, 7) is 2.84. The van der Waals surface area contributed by atoms with Gasteiger partial charge in [-0.2, -0.15) is 13.2 Å². The molecule has 2 aromatic carbocycles. The fraction of sp³-hybridized carbons (Fsp3) is 0.440. The van der Waals surface area contributed by atoms with Gasteiger partial charge >= 0.3 is 6.18 Å². The maximum Gasteiger partial charge on any atom is 0.417 e. The number of unbranched alkanes of at least 4 members (excludes halogenated alkanes) is 1. The summed E-state index contributed by atoms with van der Waals surface area (Å²) in [5, 5.41) is 2.56. The van der Waals surface area contributed by atoms with E-state index in [9.17, 15) is 31.2 Å². The molecule has 0 saturated carbocycles. The summed E-state index contributed by atoms with van der Waals surface area (Å²) in [7, 11) is -4.26. The molecule has 2 amide bonds. The Bertz CT molecular complexity index is 1270. The largest absolute Gasteiger partial charge is 0.417 e. The zero-order valence-corrected chi connectivity index (χ0v) is 24.6. The number of carbonyl (C=O) groups is 2. The average Bonchev–Trinajstić information content (AvgIpc) is 2.83. The summed E-state index contributed by atoms with van der Waals surface area (Å²) in [5.74, 6) is -1.32. The summed E-state index contributed by atoms with van der Waals surface area (Å²) in [6, 6.07) is 6.17. The van der Waals surface area contributed by atoms with E-state index in [-0.39, 0.29) is 23.0 Å². The van der Waals surface area contributed by atoms with Crippen LogP contribution in [0.4, 0.5) is 18.9 Å². The molecular formula is C25H29Cl3F3N3O4S. The molecule has 0 bridgehead atoms. The second-order valence-corrected chi connectivity index (χ2v) is 11.9. The second kappa shape index (κ2) is 13.9. The van der Waals surface area contributed by atoms with Crippen molar-refractivity contribution in [3.05, 3.63) is 62.6 Å². The lowest BCUT2D eigenvalue weighted by Crippen LogP contribution is -2.52. The Balaban J connectivity index is 2.55. The number of carbonyl (C=O) groups excluding carboxylic acids is 2. The summed E-state index contributed by atoms with van der Waals surface area (Å²) in [5.41, 5.74) is -1.35. The van der Waals surface area contributed by atoms with Gasteiger partial charge in [0, 0.05) is 28.7 Å². The van der Waals surface area contributed by atoms with Crippen molar-refractivity contribution in [3.63, 3.8) is 0 Å². The first-order valence-electron chi connectivity index (χ1n) is 12.0. The van der Waals surface area contributed by atoms with Crippen molar-refractivity contribution in [1.82, 2.24) is 10.2 Å². The number of hydrogen-bond donors (Lipinski definition) is 1. The third kappa shape index (κ3) is 8.89.